The molecule has 0 bridgehead atoms. The molecule has 0 saturated carbocycles. The zero-order valence-corrected chi connectivity index (χ0v) is 22.7. The molecule has 8 heteroatoms. The molecule has 6 nitrogen and oxygen atoms in total. The third-order valence-electron chi connectivity index (χ3n) is 5.88. The summed E-state index contributed by atoms with van der Waals surface area (Å²) in [7, 11) is 1.88. The van der Waals surface area contributed by atoms with Crippen molar-refractivity contribution in [3.8, 4) is 21.7 Å². The molecule has 0 aliphatic carbocycles. The van der Waals surface area contributed by atoms with Gasteiger partial charge in [0.1, 0.15) is 22.1 Å². The van der Waals surface area contributed by atoms with E-state index in [0.29, 0.717) is 5.02 Å². The average molecular weight is 519 g/mol. The predicted octanol–water partition coefficient (Wildman–Crippen LogP) is 7.32. The Hall–Kier alpha value is -3.13. The highest BCUT2D eigenvalue weighted by Gasteiger charge is 2.30. The van der Waals surface area contributed by atoms with Crippen molar-refractivity contribution in [1.29, 1.82) is 0 Å². The van der Waals surface area contributed by atoms with Gasteiger partial charge in [-0.25, -0.2) is 4.98 Å². The maximum atomic E-state index is 12.9. The molecule has 3 heterocycles. The van der Waals surface area contributed by atoms with E-state index in [4.69, 9.17) is 21.3 Å². The van der Waals surface area contributed by atoms with Crippen molar-refractivity contribution < 1.29 is 9.53 Å². The van der Waals surface area contributed by atoms with Gasteiger partial charge in [0.15, 0.2) is 5.78 Å². The van der Waals surface area contributed by atoms with Gasteiger partial charge in [0.2, 0.25) is 0 Å². The summed E-state index contributed by atoms with van der Waals surface area (Å²) < 4.78 is 9.07. The van der Waals surface area contributed by atoms with Gasteiger partial charge < -0.3 is 4.74 Å². The highest BCUT2D eigenvalue weighted by molar-refractivity contribution is 7.22. The number of carbonyl (C=O) groups is 1. The van der Waals surface area contributed by atoms with Gasteiger partial charge in [-0.05, 0) is 70.0 Å². The quantitative estimate of drug-likeness (QED) is 0.244. The van der Waals surface area contributed by atoms with Gasteiger partial charge in [-0.1, -0.05) is 23.7 Å². The zero-order chi connectivity index (χ0) is 25.8. The number of hydrogen-bond donors (Lipinski definition) is 0. The summed E-state index contributed by atoms with van der Waals surface area (Å²) in [6, 6.07) is 11.7. The number of ketones is 1. The van der Waals surface area contributed by atoms with E-state index >= 15 is 0 Å². The largest absolute Gasteiger partial charge is 0.360 e. The number of rotatable bonds is 5. The zero-order valence-electron chi connectivity index (χ0n) is 21.1. The van der Waals surface area contributed by atoms with E-state index in [1.54, 1.807) is 22.9 Å². The fraction of sp³-hybridized carbons (Fsp3) is 0.286. The van der Waals surface area contributed by atoms with E-state index in [-0.39, 0.29) is 5.78 Å². The lowest BCUT2D eigenvalue weighted by Crippen LogP contribution is -2.27. The van der Waals surface area contributed by atoms with Crippen LogP contribution in [0.15, 0.2) is 48.8 Å². The molecule has 0 amide bonds. The van der Waals surface area contributed by atoms with Crippen molar-refractivity contribution in [2.75, 3.05) is 0 Å². The lowest BCUT2D eigenvalue weighted by molar-refractivity contribution is -0.138. The molecule has 0 spiro atoms. The van der Waals surface area contributed by atoms with Crippen molar-refractivity contribution in [3.05, 3.63) is 64.9 Å². The Balaban J connectivity index is 1.78. The van der Waals surface area contributed by atoms with Crippen molar-refractivity contribution >= 4 is 50.0 Å². The summed E-state index contributed by atoms with van der Waals surface area (Å²) in [5, 5.41) is 5.99. The maximum absolute atomic E-state index is 12.9. The first-order chi connectivity index (χ1) is 17.0. The van der Waals surface area contributed by atoms with Crippen LogP contribution in [-0.4, -0.2) is 31.1 Å². The summed E-state index contributed by atoms with van der Waals surface area (Å²) >= 11 is 7.79. The smallest absolute Gasteiger partial charge is 0.163 e. The third-order valence-corrected chi connectivity index (χ3v) is 7.27. The summed E-state index contributed by atoms with van der Waals surface area (Å²) in [6.07, 6.45) is 3.01. The minimum atomic E-state index is -0.711. The molecular formula is C28H27ClN4O2S. The molecule has 0 aliphatic rings. The maximum Gasteiger partial charge on any atom is 0.163 e. The van der Waals surface area contributed by atoms with E-state index < -0.39 is 11.7 Å². The number of thiazole rings is 1. The number of pyridine rings is 1. The minimum Gasteiger partial charge on any atom is -0.360 e. The first-order valence-corrected chi connectivity index (χ1v) is 12.9. The molecule has 184 valence electrons. The van der Waals surface area contributed by atoms with Gasteiger partial charge >= 0.3 is 0 Å². The highest BCUT2D eigenvalue weighted by atomic mass is 35.5. The second-order valence-corrected chi connectivity index (χ2v) is 11.4. The van der Waals surface area contributed by atoms with Crippen LogP contribution < -0.4 is 0 Å². The van der Waals surface area contributed by atoms with E-state index in [1.807, 2.05) is 83.5 Å². The number of aryl methyl sites for hydroxylation is 2. The summed E-state index contributed by atoms with van der Waals surface area (Å²) in [5.74, 6) is -0.0443. The summed E-state index contributed by atoms with van der Waals surface area (Å²) in [4.78, 5) is 22.5. The monoisotopic (exact) mass is 518 g/mol. The molecule has 0 aliphatic heterocycles. The molecule has 36 heavy (non-hydrogen) atoms. The molecule has 0 saturated heterocycles. The van der Waals surface area contributed by atoms with Gasteiger partial charge in [-0.3, -0.25) is 14.5 Å². The Morgan fingerprint density at radius 1 is 1.08 bits per heavy atom. The number of aromatic nitrogens is 4. The normalized spacial score (nSPS) is 13.0. The molecule has 0 fully saturated rings. The number of fused-ring (bicyclic) bond motifs is 2. The fourth-order valence-electron chi connectivity index (χ4n) is 4.41. The first kappa shape index (κ1) is 24.6. The number of nitrogens with zero attached hydrogens (tertiary/aromatic N) is 4. The van der Waals surface area contributed by atoms with Crippen LogP contribution in [0.5, 0.6) is 0 Å². The molecule has 5 aromatic rings. The van der Waals surface area contributed by atoms with Crippen LogP contribution in [0.1, 0.15) is 44.9 Å². The second kappa shape index (κ2) is 9.07. The predicted molar refractivity (Wildman–Crippen MR) is 147 cm³/mol. The van der Waals surface area contributed by atoms with Crippen LogP contribution in [0.4, 0.5) is 0 Å². The topological polar surface area (TPSA) is 69.9 Å². The van der Waals surface area contributed by atoms with E-state index in [2.05, 4.69) is 10.1 Å². The number of benzene rings is 2. The van der Waals surface area contributed by atoms with Gasteiger partial charge in [0, 0.05) is 35.0 Å². The molecule has 0 radical (unpaired) electrons. The Morgan fingerprint density at radius 2 is 1.81 bits per heavy atom. The Labute approximate surface area is 218 Å². The molecule has 0 unspecified atom stereocenters. The van der Waals surface area contributed by atoms with Crippen molar-refractivity contribution in [2.45, 2.75) is 46.3 Å². The number of Topliss-reactive ketones (excluding diaryl/α,β-unsaturated/α-hetero) is 1. The summed E-state index contributed by atoms with van der Waals surface area (Å²) in [6.45, 7) is 9.48. The SMILES string of the molecule is CC(=O)[C@@H](OC(C)(C)C)c1c(C)cc2nc(-c3cnc4cn(C)nc4c3)sc2c1-c1ccc(Cl)cc1. The number of hydrogen-bond acceptors (Lipinski definition) is 6. The van der Waals surface area contributed by atoms with E-state index in [0.717, 1.165) is 54.1 Å². The Morgan fingerprint density at radius 3 is 2.47 bits per heavy atom. The molecule has 2 aromatic carbocycles. The van der Waals surface area contributed by atoms with Gasteiger partial charge in [0.25, 0.3) is 0 Å². The van der Waals surface area contributed by atoms with Crippen LogP contribution >= 0.6 is 22.9 Å². The van der Waals surface area contributed by atoms with Crippen LogP contribution in [0, 0.1) is 6.92 Å². The van der Waals surface area contributed by atoms with Crippen LogP contribution in [0.3, 0.4) is 0 Å². The number of carbonyl (C=O) groups excluding carboxylic acids is 1. The molecular weight excluding hydrogens is 492 g/mol. The standard InChI is InChI=1S/C28H27ClN4O2S/c1-15-11-21-26(36-27(31-21)18-12-20-22(30-13-18)14-33(6)32-20)24(17-7-9-19(29)10-8-17)23(15)25(16(2)34)35-28(3,4)5/h7-14,25H,1-6H3/t25-/m1/s1. The Kier molecular flexibility index (Phi) is 6.19. The van der Waals surface area contributed by atoms with Crippen molar-refractivity contribution in [2.24, 2.45) is 7.05 Å². The van der Waals surface area contributed by atoms with Crippen LogP contribution in [0.2, 0.25) is 5.02 Å². The third kappa shape index (κ3) is 4.66. The minimum absolute atomic E-state index is 0.0443. The summed E-state index contributed by atoms with van der Waals surface area (Å²) in [5.41, 5.74) is 6.63. The van der Waals surface area contributed by atoms with Crippen LogP contribution in [-0.2, 0) is 16.6 Å². The Bertz CT molecular complexity index is 1610. The second-order valence-electron chi connectivity index (χ2n) is 10.0. The van der Waals surface area contributed by atoms with Crippen molar-refractivity contribution in [3.63, 3.8) is 0 Å². The fourth-order valence-corrected chi connectivity index (χ4v) is 5.64. The van der Waals surface area contributed by atoms with E-state index in [1.165, 1.54) is 0 Å². The number of ether oxygens (including phenoxy) is 1. The highest BCUT2D eigenvalue weighted by Crippen LogP contribution is 2.44. The van der Waals surface area contributed by atoms with E-state index in [9.17, 15) is 4.79 Å². The van der Waals surface area contributed by atoms with Gasteiger partial charge in [-0.15, -0.1) is 11.3 Å². The lowest BCUT2D eigenvalue weighted by atomic mass is 9.90. The number of halogens is 1. The van der Waals surface area contributed by atoms with Gasteiger partial charge in [-0.2, -0.15) is 5.10 Å². The molecule has 1 atom stereocenters. The van der Waals surface area contributed by atoms with Crippen LogP contribution in [0.25, 0.3) is 42.9 Å². The first-order valence-electron chi connectivity index (χ1n) is 11.7. The average Bonchev–Trinajstić information content (AvgIpc) is 3.38. The molecule has 5 rings (SSSR count). The van der Waals surface area contributed by atoms with Gasteiger partial charge in [0.05, 0.1) is 22.0 Å². The molecule has 0 N–H and O–H groups in total. The molecule has 3 aromatic heterocycles. The van der Waals surface area contributed by atoms with Crippen molar-refractivity contribution in [1.82, 2.24) is 19.7 Å². The lowest BCUT2D eigenvalue weighted by Gasteiger charge is -2.29.